The Kier molecular flexibility index (Phi) is 4.89. The van der Waals surface area contributed by atoms with Gasteiger partial charge in [-0.15, -0.1) is 0 Å². The van der Waals surface area contributed by atoms with Gasteiger partial charge in [0.25, 0.3) is 0 Å². The van der Waals surface area contributed by atoms with E-state index < -0.39 is 11.7 Å². The average Bonchev–Trinajstić information content (AvgIpc) is 2.82. The molecule has 0 radical (unpaired) electrons. The first-order valence-electron chi connectivity index (χ1n) is 6.05. The van der Waals surface area contributed by atoms with E-state index in [9.17, 15) is 13.2 Å². The third kappa shape index (κ3) is 4.21. The van der Waals surface area contributed by atoms with Crippen LogP contribution in [0.4, 0.5) is 24.5 Å². The molecule has 0 aliphatic rings. The highest BCUT2D eigenvalue weighted by molar-refractivity contribution is 9.10. The minimum Gasteiger partial charge on any atom is -0.383 e. The van der Waals surface area contributed by atoms with E-state index in [1.54, 1.807) is 18.0 Å². The number of hydrogen-bond donors (Lipinski definition) is 1. The largest absolute Gasteiger partial charge is 0.418 e. The molecular weight excluding hydrogens is 351 g/mol. The van der Waals surface area contributed by atoms with Gasteiger partial charge in [-0.1, -0.05) is 15.9 Å². The molecule has 0 saturated carbocycles. The minimum atomic E-state index is -4.42. The van der Waals surface area contributed by atoms with Crippen molar-refractivity contribution in [3.05, 3.63) is 40.6 Å². The van der Waals surface area contributed by atoms with Crippen molar-refractivity contribution in [1.29, 1.82) is 0 Å². The lowest BCUT2D eigenvalue weighted by Gasteiger charge is -2.14. The van der Waals surface area contributed by atoms with E-state index in [-0.39, 0.29) is 5.69 Å². The number of alkyl halides is 3. The number of aromatic nitrogens is 2. The summed E-state index contributed by atoms with van der Waals surface area (Å²) in [6, 6.07) is 3.77. The van der Waals surface area contributed by atoms with Gasteiger partial charge in [-0.05, 0) is 18.2 Å². The SMILES string of the molecule is COCCn1cc(Nc2cc(Br)ccc2C(F)(F)F)cn1. The molecule has 0 unspecified atom stereocenters. The van der Waals surface area contributed by atoms with Crippen molar-refractivity contribution in [2.24, 2.45) is 0 Å². The summed E-state index contributed by atoms with van der Waals surface area (Å²) in [4.78, 5) is 0. The van der Waals surface area contributed by atoms with Crippen molar-refractivity contribution >= 4 is 27.3 Å². The first-order chi connectivity index (χ1) is 9.90. The molecule has 114 valence electrons. The lowest BCUT2D eigenvalue weighted by molar-refractivity contribution is -0.136. The van der Waals surface area contributed by atoms with Crippen LogP contribution in [0.5, 0.6) is 0 Å². The third-order valence-corrected chi connectivity index (χ3v) is 3.22. The van der Waals surface area contributed by atoms with Crippen molar-refractivity contribution in [3.8, 4) is 0 Å². The second-order valence-corrected chi connectivity index (χ2v) is 5.21. The van der Waals surface area contributed by atoms with Gasteiger partial charge in [0.1, 0.15) is 0 Å². The molecule has 21 heavy (non-hydrogen) atoms. The molecule has 2 aromatic rings. The van der Waals surface area contributed by atoms with E-state index in [4.69, 9.17) is 4.74 Å². The fourth-order valence-corrected chi connectivity index (χ4v) is 2.12. The number of anilines is 2. The van der Waals surface area contributed by atoms with E-state index in [0.717, 1.165) is 6.07 Å². The predicted octanol–water partition coefficient (Wildman–Crippen LogP) is 4.05. The van der Waals surface area contributed by atoms with Crippen LogP contribution < -0.4 is 5.32 Å². The van der Waals surface area contributed by atoms with Crippen molar-refractivity contribution in [3.63, 3.8) is 0 Å². The van der Waals surface area contributed by atoms with Gasteiger partial charge in [-0.25, -0.2) is 0 Å². The lowest BCUT2D eigenvalue weighted by Crippen LogP contribution is -2.08. The van der Waals surface area contributed by atoms with Crippen molar-refractivity contribution in [2.45, 2.75) is 12.7 Å². The minimum absolute atomic E-state index is 0.0248. The molecule has 0 saturated heterocycles. The van der Waals surface area contributed by atoms with E-state index >= 15 is 0 Å². The molecule has 8 heteroatoms. The Balaban J connectivity index is 2.22. The van der Waals surface area contributed by atoms with Gasteiger partial charge in [0.2, 0.25) is 0 Å². The molecule has 1 aromatic heterocycles. The second-order valence-electron chi connectivity index (χ2n) is 4.30. The summed E-state index contributed by atoms with van der Waals surface area (Å²) < 4.78 is 46.0. The molecule has 1 heterocycles. The Bertz CT molecular complexity index is 613. The number of ether oxygens (including phenoxy) is 1. The molecular formula is C13H13BrF3N3O. The zero-order chi connectivity index (χ0) is 15.5. The van der Waals surface area contributed by atoms with Crippen LogP contribution in [0.25, 0.3) is 0 Å². The first kappa shape index (κ1) is 15.8. The van der Waals surface area contributed by atoms with Gasteiger partial charge in [-0.3, -0.25) is 4.68 Å². The molecule has 0 atom stereocenters. The van der Waals surface area contributed by atoms with Gasteiger partial charge < -0.3 is 10.1 Å². The van der Waals surface area contributed by atoms with Crippen molar-refractivity contribution in [2.75, 3.05) is 19.0 Å². The molecule has 0 aliphatic heterocycles. The highest BCUT2D eigenvalue weighted by Crippen LogP contribution is 2.37. The van der Waals surface area contributed by atoms with Crippen LogP contribution in [0.15, 0.2) is 35.1 Å². The van der Waals surface area contributed by atoms with Crippen molar-refractivity contribution in [1.82, 2.24) is 9.78 Å². The summed E-state index contributed by atoms with van der Waals surface area (Å²) in [7, 11) is 1.57. The van der Waals surface area contributed by atoms with E-state index in [2.05, 4.69) is 26.3 Å². The predicted molar refractivity (Wildman–Crippen MR) is 76.5 cm³/mol. The molecule has 1 aromatic carbocycles. The molecule has 0 fully saturated rings. The molecule has 0 bridgehead atoms. The Morgan fingerprint density at radius 3 is 2.81 bits per heavy atom. The maximum atomic E-state index is 13.0. The third-order valence-electron chi connectivity index (χ3n) is 2.72. The zero-order valence-corrected chi connectivity index (χ0v) is 12.7. The maximum Gasteiger partial charge on any atom is 0.418 e. The maximum absolute atomic E-state index is 13.0. The summed E-state index contributed by atoms with van der Waals surface area (Å²) >= 11 is 3.17. The van der Waals surface area contributed by atoms with Crippen LogP contribution in [0, 0.1) is 0 Å². The van der Waals surface area contributed by atoms with E-state index in [0.29, 0.717) is 23.3 Å². The monoisotopic (exact) mass is 363 g/mol. The van der Waals surface area contributed by atoms with E-state index in [1.165, 1.54) is 18.3 Å². The number of nitrogens with zero attached hydrogens (tertiary/aromatic N) is 2. The van der Waals surface area contributed by atoms with Crippen molar-refractivity contribution < 1.29 is 17.9 Å². The lowest BCUT2D eigenvalue weighted by atomic mass is 10.1. The Morgan fingerprint density at radius 1 is 1.38 bits per heavy atom. The highest BCUT2D eigenvalue weighted by atomic mass is 79.9. The van der Waals surface area contributed by atoms with Crippen LogP contribution >= 0.6 is 15.9 Å². The molecule has 0 amide bonds. The molecule has 1 N–H and O–H groups in total. The van der Waals surface area contributed by atoms with Crippen LogP contribution in [0.2, 0.25) is 0 Å². The van der Waals surface area contributed by atoms with Gasteiger partial charge >= 0.3 is 6.18 Å². The average molecular weight is 364 g/mol. The highest BCUT2D eigenvalue weighted by Gasteiger charge is 2.33. The number of nitrogens with one attached hydrogen (secondary N) is 1. The summed E-state index contributed by atoms with van der Waals surface area (Å²) in [5, 5.41) is 6.79. The van der Waals surface area contributed by atoms with Gasteiger partial charge in [0, 0.05) is 17.8 Å². The Labute approximate surface area is 128 Å². The second kappa shape index (κ2) is 6.48. The topological polar surface area (TPSA) is 39.1 Å². The van der Waals surface area contributed by atoms with Crippen LogP contribution in [-0.2, 0) is 17.5 Å². The summed E-state index contributed by atoms with van der Waals surface area (Å²) in [5.41, 5.74) is -0.270. The quantitative estimate of drug-likeness (QED) is 0.870. The standard InChI is InChI=1S/C13H13BrF3N3O/c1-21-5-4-20-8-10(7-18-20)19-12-6-9(14)2-3-11(12)13(15,16)17/h2-3,6-8,19H,4-5H2,1H3. The number of halogens is 4. The molecule has 0 spiro atoms. The summed E-state index contributed by atoms with van der Waals surface area (Å²) in [5.74, 6) is 0. The fraction of sp³-hybridized carbons (Fsp3) is 0.308. The number of rotatable bonds is 5. The number of benzene rings is 1. The van der Waals surface area contributed by atoms with Gasteiger partial charge in [0.05, 0.1) is 36.3 Å². The molecule has 4 nitrogen and oxygen atoms in total. The van der Waals surface area contributed by atoms with Gasteiger partial charge in [-0.2, -0.15) is 18.3 Å². The number of hydrogen-bond acceptors (Lipinski definition) is 3. The number of methoxy groups -OCH3 is 1. The van der Waals surface area contributed by atoms with Crippen LogP contribution in [-0.4, -0.2) is 23.5 Å². The fourth-order valence-electron chi connectivity index (χ4n) is 1.76. The normalized spacial score (nSPS) is 11.7. The van der Waals surface area contributed by atoms with Crippen LogP contribution in [0.3, 0.4) is 0 Å². The smallest absolute Gasteiger partial charge is 0.383 e. The summed E-state index contributed by atoms with van der Waals surface area (Å²) in [6.07, 6.45) is -1.33. The van der Waals surface area contributed by atoms with Gasteiger partial charge in [0.15, 0.2) is 0 Å². The zero-order valence-electron chi connectivity index (χ0n) is 11.1. The Morgan fingerprint density at radius 2 is 2.14 bits per heavy atom. The summed E-state index contributed by atoms with van der Waals surface area (Å²) in [6.45, 7) is 1.01. The first-order valence-corrected chi connectivity index (χ1v) is 6.84. The van der Waals surface area contributed by atoms with Crippen LogP contribution in [0.1, 0.15) is 5.56 Å². The molecule has 2 rings (SSSR count). The van der Waals surface area contributed by atoms with E-state index in [1.807, 2.05) is 0 Å². The Hall–Kier alpha value is -1.54. The molecule has 0 aliphatic carbocycles.